The number of carbonyl (C=O) groups excluding carboxylic acids is 1. The lowest BCUT2D eigenvalue weighted by atomic mass is 9.98. The Kier molecular flexibility index (Phi) is 4.34. The zero-order valence-corrected chi connectivity index (χ0v) is 15.8. The zero-order valence-electron chi connectivity index (χ0n) is 14.1. The number of rotatable bonds is 4. The number of carbonyl (C=O) groups is 1. The number of nitrogens with zero attached hydrogens (tertiary/aromatic N) is 1. The number of aliphatic hydroxyl groups excluding tert-OH is 1. The predicted molar refractivity (Wildman–Crippen MR) is 99.8 cm³/mol. The van der Waals surface area contributed by atoms with Gasteiger partial charge in [-0.05, 0) is 60.8 Å². The Morgan fingerprint density at radius 3 is 2.38 bits per heavy atom. The highest BCUT2D eigenvalue weighted by Crippen LogP contribution is 2.39. The second-order valence-electron chi connectivity index (χ2n) is 6.70. The summed E-state index contributed by atoms with van der Waals surface area (Å²) in [4.78, 5) is 16.8. The molecule has 0 spiro atoms. The van der Waals surface area contributed by atoms with Crippen LogP contribution in [0.4, 0.5) is 5.69 Å². The van der Waals surface area contributed by atoms with Crippen molar-refractivity contribution in [1.29, 1.82) is 4.78 Å². The molecule has 1 unspecified atom stereocenters. The van der Waals surface area contributed by atoms with Gasteiger partial charge in [0.15, 0.2) is 5.01 Å². The molecule has 0 radical (unpaired) electrons. The molecule has 7 nitrogen and oxygen atoms in total. The molecule has 1 aromatic heterocycles. The van der Waals surface area contributed by atoms with Gasteiger partial charge in [0, 0.05) is 5.69 Å². The van der Waals surface area contributed by atoms with Gasteiger partial charge in [0.1, 0.15) is 14.1 Å². The minimum atomic E-state index is -3.53. The Morgan fingerprint density at radius 1 is 1.27 bits per heavy atom. The number of amides is 1. The van der Waals surface area contributed by atoms with Crippen LogP contribution in [0.5, 0.6) is 0 Å². The zero-order chi connectivity index (χ0) is 18.5. The van der Waals surface area contributed by atoms with E-state index < -0.39 is 22.4 Å². The number of aromatic nitrogens is 1. The van der Waals surface area contributed by atoms with Gasteiger partial charge < -0.3 is 10.4 Å². The number of thiazole rings is 1. The normalized spacial score (nSPS) is 17.6. The van der Waals surface area contributed by atoms with Crippen LogP contribution >= 0.6 is 11.3 Å². The van der Waals surface area contributed by atoms with Gasteiger partial charge in [0.25, 0.3) is 5.91 Å². The summed E-state index contributed by atoms with van der Waals surface area (Å²) in [6, 6.07) is 2.29. The first-order valence-corrected chi connectivity index (χ1v) is 11.0. The predicted octanol–water partition coefficient (Wildman–Crippen LogP) is 2.14. The Morgan fingerprint density at radius 2 is 1.88 bits per heavy atom. The number of fused-ring (bicyclic) bond motifs is 2. The van der Waals surface area contributed by atoms with Gasteiger partial charge in [-0.15, -0.1) is 0 Å². The lowest BCUT2D eigenvalue weighted by molar-refractivity contribution is 0.102. The van der Waals surface area contributed by atoms with E-state index in [4.69, 9.17) is 9.92 Å². The van der Waals surface area contributed by atoms with Crippen LogP contribution in [0, 0.1) is 4.78 Å². The highest BCUT2D eigenvalue weighted by molar-refractivity contribution is 7.92. The third kappa shape index (κ3) is 2.94. The summed E-state index contributed by atoms with van der Waals surface area (Å²) in [5, 5.41) is 17.8. The van der Waals surface area contributed by atoms with Crippen LogP contribution < -0.4 is 10.5 Å². The minimum absolute atomic E-state index is 0.0335. The second-order valence-corrected chi connectivity index (χ2v) is 9.57. The molecule has 0 aliphatic heterocycles. The number of hydrogen-bond acceptors (Lipinski definition) is 6. The number of benzene rings is 1. The molecule has 2 aliphatic rings. The molecule has 1 atom stereocenters. The van der Waals surface area contributed by atoms with Gasteiger partial charge in [-0.25, -0.2) is 19.1 Å². The standard InChI is InChI=1S/C17H20N4O3S2/c18-26(19,24)17-13(8-22)20-16(25-17)15(23)21-14-11-5-1-3-9(11)7-10-4-2-6-12(10)14/h7,22H,1-6,8H2,(H,21,23)(H3,18,19,24). The maximum atomic E-state index is 12.8. The van der Waals surface area contributed by atoms with Crippen LogP contribution in [0.3, 0.4) is 0 Å². The van der Waals surface area contributed by atoms with Crippen LogP contribution in [0.15, 0.2) is 10.3 Å². The quantitative estimate of drug-likeness (QED) is 0.635. The largest absolute Gasteiger partial charge is 0.390 e. The van der Waals surface area contributed by atoms with Crippen molar-refractivity contribution in [2.45, 2.75) is 49.3 Å². The molecular weight excluding hydrogens is 372 g/mol. The average Bonchev–Trinajstić information content (AvgIpc) is 3.31. The smallest absolute Gasteiger partial charge is 0.284 e. The van der Waals surface area contributed by atoms with Gasteiger partial charge in [0.2, 0.25) is 0 Å². The van der Waals surface area contributed by atoms with E-state index in [1.165, 1.54) is 22.3 Å². The van der Waals surface area contributed by atoms with Gasteiger partial charge in [-0.1, -0.05) is 17.4 Å². The molecular formula is C17H20N4O3S2. The summed E-state index contributed by atoms with van der Waals surface area (Å²) >= 11 is 0.814. The monoisotopic (exact) mass is 392 g/mol. The lowest BCUT2D eigenvalue weighted by Gasteiger charge is -2.15. The summed E-state index contributed by atoms with van der Waals surface area (Å²) in [5.41, 5.74) is 5.98. The third-order valence-corrected chi connectivity index (χ3v) is 7.66. The van der Waals surface area contributed by atoms with Crippen molar-refractivity contribution in [3.63, 3.8) is 0 Å². The van der Waals surface area contributed by atoms with Crippen molar-refractivity contribution in [1.82, 2.24) is 4.98 Å². The van der Waals surface area contributed by atoms with Crippen LogP contribution in [0.25, 0.3) is 0 Å². The van der Waals surface area contributed by atoms with E-state index in [-0.39, 0.29) is 14.9 Å². The number of anilines is 1. The molecule has 26 heavy (non-hydrogen) atoms. The Labute approximate surface area is 155 Å². The number of hydrogen-bond donors (Lipinski definition) is 4. The van der Waals surface area contributed by atoms with Crippen molar-refractivity contribution in [2.24, 2.45) is 5.14 Å². The molecule has 4 rings (SSSR count). The van der Waals surface area contributed by atoms with Crippen molar-refractivity contribution in [3.8, 4) is 0 Å². The van der Waals surface area contributed by atoms with Crippen molar-refractivity contribution in [2.75, 3.05) is 5.32 Å². The Hall–Kier alpha value is -1.81. The van der Waals surface area contributed by atoms with Crippen LogP contribution in [-0.4, -0.2) is 20.2 Å². The number of nitrogens with two attached hydrogens (primary N) is 1. The molecule has 138 valence electrons. The second kappa shape index (κ2) is 6.41. The van der Waals surface area contributed by atoms with Gasteiger partial charge >= 0.3 is 0 Å². The van der Waals surface area contributed by atoms with Crippen molar-refractivity contribution in [3.05, 3.63) is 39.0 Å². The first kappa shape index (κ1) is 17.6. The topological polar surface area (TPSA) is 129 Å². The maximum Gasteiger partial charge on any atom is 0.284 e. The molecule has 2 aliphatic carbocycles. The maximum absolute atomic E-state index is 12.8. The van der Waals surface area contributed by atoms with Gasteiger partial charge in [-0.2, -0.15) is 0 Å². The van der Waals surface area contributed by atoms with E-state index in [2.05, 4.69) is 16.4 Å². The number of aliphatic hydroxyl groups is 1. The van der Waals surface area contributed by atoms with Crippen LogP contribution in [0.2, 0.25) is 0 Å². The Balaban J connectivity index is 1.71. The summed E-state index contributed by atoms with van der Waals surface area (Å²) in [7, 11) is -3.53. The minimum Gasteiger partial charge on any atom is -0.390 e. The van der Waals surface area contributed by atoms with Gasteiger partial charge in [0.05, 0.1) is 12.3 Å². The van der Waals surface area contributed by atoms with Crippen LogP contribution in [-0.2, 0) is 42.2 Å². The molecule has 1 amide bonds. The molecule has 9 heteroatoms. The van der Waals surface area contributed by atoms with E-state index >= 15 is 0 Å². The fourth-order valence-corrected chi connectivity index (χ4v) is 5.80. The molecule has 0 saturated carbocycles. The van der Waals surface area contributed by atoms with Crippen LogP contribution in [0.1, 0.15) is 50.6 Å². The van der Waals surface area contributed by atoms with E-state index in [1.54, 1.807) is 0 Å². The molecule has 0 fully saturated rings. The molecule has 1 aromatic carbocycles. The Bertz CT molecular complexity index is 979. The fraction of sp³-hybridized carbons (Fsp3) is 0.412. The highest BCUT2D eigenvalue weighted by atomic mass is 32.2. The third-order valence-electron chi connectivity index (χ3n) is 4.99. The summed E-state index contributed by atoms with van der Waals surface area (Å²) in [6.07, 6.45) is 6.15. The number of nitrogens with one attached hydrogen (secondary N) is 2. The molecule has 0 bridgehead atoms. The number of aryl methyl sites for hydroxylation is 2. The summed E-state index contributed by atoms with van der Waals surface area (Å²) in [5.74, 6) is -0.408. The van der Waals surface area contributed by atoms with Crippen molar-refractivity contribution >= 4 is 32.8 Å². The first-order valence-electron chi connectivity index (χ1n) is 8.53. The van der Waals surface area contributed by atoms with Crippen molar-refractivity contribution < 1.29 is 14.1 Å². The fourth-order valence-electron chi connectivity index (χ4n) is 3.91. The molecule has 0 saturated heterocycles. The summed E-state index contributed by atoms with van der Waals surface area (Å²) in [6.45, 7) is -0.512. The SMILES string of the molecule is N=S(N)(=O)c1sc(C(=O)Nc2c3c(cc4c2CCC4)CCC3)nc1CO. The van der Waals surface area contributed by atoms with E-state index in [0.717, 1.165) is 55.5 Å². The molecule has 5 N–H and O–H groups in total. The lowest BCUT2D eigenvalue weighted by Crippen LogP contribution is -2.15. The summed E-state index contributed by atoms with van der Waals surface area (Å²) < 4.78 is 19.3. The highest BCUT2D eigenvalue weighted by Gasteiger charge is 2.27. The molecule has 1 heterocycles. The van der Waals surface area contributed by atoms with E-state index in [1.807, 2.05) is 0 Å². The van der Waals surface area contributed by atoms with Gasteiger partial charge in [-0.3, -0.25) is 4.79 Å². The molecule has 2 aromatic rings. The van der Waals surface area contributed by atoms with E-state index in [0.29, 0.717) is 0 Å². The average molecular weight is 393 g/mol. The first-order chi connectivity index (χ1) is 12.4. The van der Waals surface area contributed by atoms with E-state index in [9.17, 15) is 14.1 Å².